The first-order valence-corrected chi connectivity index (χ1v) is 9.38. The topological polar surface area (TPSA) is 81.8 Å². The predicted molar refractivity (Wildman–Crippen MR) is 104 cm³/mol. The van der Waals surface area contributed by atoms with E-state index in [9.17, 15) is 9.59 Å². The average Bonchev–Trinajstić information content (AvgIpc) is 3.35. The van der Waals surface area contributed by atoms with E-state index in [0.29, 0.717) is 17.6 Å². The lowest BCUT2D eigenvalue weighted by Crippen LogP contribution is -2.33. The lowest BCUT2D eigenvalue weighted by atomic mass is 10.3. The highest BCUT2D eigenvalue weighted by atomic mass is 32.1. The number of thiophene rings is 1. The van der Waals surface area contributed by atoms with Gasteiger partial charge in [0.1, 0.15) is 18.3 Å². The molecule has 0 fully saturated rings. The van der Waals surface area contributed by atoms with Crippen LogP contribution in [0.3, 0.4) is 0 Å². The molecule has 0 unspecified atom stereocenters. The zero-order valence-electron chi connectivity index (χ0n) is 14.4. The Morgan fingerprint density at radius 2 is 2.00 bits per heavy atom. The molecule has 8 heteroatoms. The molecule has 27 heavy (non-hydrogen) atoms. The summed E-state index contributed by atoms with van der Waals surface area (Å²) in [5.74, 6) is -0.217. The van der Waals surface area contributed by atoms with E-state index >= 15 is 0 Å². The SMILES string of the molecule is O=C(Cn1cnc2c(cnn2-c2ccccc2)c1=O)NCCc1cccs1. The molecule has 1 N–H and O–H groups in total. The predicted octanol–water partition coefficient (Wildman–Crippen LogP) is 2.00. The van der Waals surface area contributed by atoms with Gasteiger partial charge >= 0.3 is 0 Å². The number of amides is 1. The lowest BCUT2D eigenvalue weighted by molar-refractivity contribution is -0.121. The van der Waals surface area contributed by atoms with Gasteiger partial charge in [0.2, 0.25) is 5.91 Å². The third-order valence-electron chi connectivity index (χ3n) is 4.14. The van der Waals surface area contributed by atoms with E-state index in [2.05, 4.69) is 15.4 Å². The van der Waals surface area contributed by atoms with Crippen LogP contribution in [0.25, 0.3) is 16.7 Å². The second kappa shape index (κ2) is 7.55. The quantitative estimate of drug-likeness (QED) is 0.556. The number of carbonyl (C=O) groups is 1. The van der Waals surface area contributed by atoms with Crippen LogP contribution < -0.4 is 10.9 Å². The molecule has 0 aliphatic heterocycles. The van der Waals surface area contributed by atoms with E-state index in [1.807, 2.05) is 47.8 Å². The van der Waals surface area contributed by atoms with E-state index in [1.54, 1.807) is 16.0 Å². The fourth-order valence-corrected chi connectivity index (χ4v) is 3.52. The highest BCUT2D eigenvalue weighted by Gasteiger charge is 2.13. The molecule has 136 valence electrons. The summed E-state index contributed by atoms with van der Waals surface area (Å²) in [5.41, 5.74) is 1.01. The first kappa shape index (κ1) is 17.2. The number of nitrogens with zero attached hydrogens (tertiary/aromatic N) is 4. The molecule has 4 aromatic rings. The fourth-order valence-electron chi connectivity index (χ4n) is 2.81. The second-order valence-electron chi connectivity index (χ2n) is 5.99. The number of hydrogen-bond donors (Lipinski definition) is 1. The number of fused-ring (bicyclic) bond motifs is 1. The summed E-state index contributed by atoms with van der Waals surface area (Å²) in [5, 5.41) is 9.49. The first-order valence-electron chi connectivity index (χ1n) is 8.50. The molecule has 7 nitrogen and oxygen atoms in total. The maximum absolute atomic E-state index is 12.7. The molecule has 4 rings (SSSR count). The van der Waals surface area contributed by atoms with Crippen LogP contribution in [-0.2, 0) is 17.8 Å². The first-order chi connectivity index (χ1) is 13.2. The summed E-state index contributed by atoms with van der Waals surface area (Å²) in [7, 11) is 0. The van der Waals surface area contributed by atoms with Gasteiger partial charge in [-0.25, -0.2) is 9.67 Å². The summed E-state index contributed by atoms with van der Waals surface area (Å²) < 4.78 is 2.92. The van der Waals surface area contributed by atoms with Crippen LogP contribution in [0.1, 0.15) is 4.88 Å². The molecule has 0 spiro atoms. The molecule has 0 bridgehead atoms. The van der Waals surface area contributed by atoms with Crippen LogP contribution in [0, 0.1) is 0 Å². The van der Waals surface area contributed by atoms with Crippen molar-refractivity contribution in [2.24, 2.45) is 0 Å². The fraction of sp³-hybridized carbons (Fsp3) is 0.158. The number of carbonyl (C=O) groups excluding carboxylic acids is 1. The summed E-state index contributed by atoms with van der Waals surface area (Å²) in [6.45, 7) is 0.471. The van der Waals surface area contributed by atoms with Crippen LogP contribution in [0.5, 0.6) is 0 Å². The van der Waals surface area contributed by atoms with Crippen LogP contribution >= 0.6 is 11.3 Å². The summed E-state index contributed by atoms with van der Waals surface area (Å²) in [6.07, 6.45) is 3.66. The maximum Gasteiger partial charge on any atom is 0.264 e. The van der Waals surface area contributed by atoms with Crippen molar-refractivity contribution in [3.05, 3.63) is 75.6 Å². The minimum atomic E-state index is -0.282. The molecule has 0 aliphatic carbocycles. The van der Waals surface area contributed by atoms with Crippen LogP contribution in [0.15, 0.2) is 65.2 Å². The van der Waals surface area contributed by atoms with Crippen molar-refractivity contribution >= 4 is 28.3 Å². The molecule has 3 heterocycles. The molecule has 0 saturated carbocycles. The molecule has 1 aromatic carbocycles. The molecule has 0 aliphatic rings. The van der Waals surface area contributed by atoms with Gasteiger partial charge in [0.05, 0.1) is 11.9 Å². The van der Waals surface area contributed by atoms with Crippen LogP contribution in [0.4, 0.5) is 0 Å². The molecule has 1 amide bonds. The van der Waals surface area contributed by atoms with Gasteiger partial charge in [0, 0.05) is 11.4 Å². The number of benzene rings is 1. The van der Waals surface area contributed by atoms with Gasteiger partial charge < -0.3 is 5.32 Å². The number of nitrogens with one attached hydrogen (secondary N) is 1. The van der Waals surface area contributed by atoms with E-state index in [-0.39, 0.29) is 18.0 Å². The molecular formula is C19H17N5O2S. The largest absolute Gasteiger partial charge is 0.354 e. The van der Waals surface area contributed by atoms with Crippen molar-refractivity contribution in [1.29, 1.82) is 0 Å². The van der Waals surface area contributed by atoms with Crippen LogP contribution in [-0.4, -0.2) is 31.8 Å². The maximum atomic E-state index is 12.7. The Kier molecular flexibility index (Phi) is 4.80. The number of rotatable bonds is 6. The number of aromatic nitrogens is 4. The van der Waals surface area contributed by atoms with E-state index < -0.39 is 0 Å². The van der Waals surface area contributed by atoms with Gasteiger partial charge in [-0.1, -0.05) is 24.3 Å². The van der Waals surface area contributed by atoms with Crippen molar-refractivity contribution in [2.45, 2.75) is 13.0 Å². The highest BCUT2D eigenvalue weighted by molar-refractivity contribution is 7.09. The van der Waals surface area contributed by atoms with Gasteiger partial charge in [0.15, 0.2) is 5.65 Å². The monoisotopic (exact) mass is 379 g/mol. The standard InChI is InChI=1S/C19H17N5O2S/c25-17(20-9-8-15-7-4-10-27-15)12-23-13-21-18-16(19(23)26)11-22-24(18)14-5-2-1-3-6-14/h1-7,10-11,13H,8-9,12H2,(H,20,25). The molecule has 0 saturated heterocycles. The highest BCUT2D eigenvalue weighted by Crippen LogP contribution is 2.13. The number of hydrogen-bond acceptors (Lipinski definition) is 5. The Labute approximate surface area is 158 Å². The van der Waals surface area contributed by atoms with Gasteiger partial charge in [-0.3, -0.25) is 14.2 Å². The average molecular weight is 379 g/mol. The third kappa shape index (κ3) is 3.65. The van der Waals surface area contributed by atoms with E-state index in [4.69, 9.17) is 0 Å². The second-order valence-corrected chi connectivity index (χ2v) is 7.02. The Morgan fingerprint density at radius 3 is 2.78 bits per heavy atom. The Bertz CT molecular complexity index is 1120. The Balaban J connectivity index is 1.49. The van der Waals surface area contributed by atoms with Crippen molar-refractivity contribution < 1.29 is 4.79 Å². The van der Waals surface area contributed by atoms with E-state index in [0.717, 1.165) is 12.1 Å². The Hall–Kier alpha value is -3.26. The van der Waals surface area contributed by atoms with Gasteiger partial charge in [-0.15, -0.1) is 11.3 Å². The van der Waals surface area contributed by atoms with Crippen molar-refractivity contribution in [2.75, 3.05) is 6.54 Å². The smallest absolute Gasteiger partial charge is 0.264 e. The molecular weight excluding hydrogens is 362 g/mol. The Morgan fingerprint density at radius 1 is 1.15 bits per heavy atom. The van der Waals surface area contributed by atoms with Crippen molar-refractivity contribution in [1.82, 2.24) is 24.6 Å². The van der Waals surface area contributed by atoms with Gasteiger partial charge in [0.25, 0.3) is 5.56 Å². The van der Waals surface area contributed by atoms with Crippen molar-refractivity contribution in [3.8, 4) is 5.69 Å². The van der Waals surface area contributed by atoms with Gasteiger partial charge in [-0.05, 0) is 30.0 Å². The summed E-state index contributed by atoms with van der Waals surface area (Å²) in [4.78, 5) is 30.3. The van der Waals surface area contributed by atoms with Crippen molar-refractivity contribution in [3.63, 3.8) is 0 Å². The van der Waals surface area contributed by atoms with Crippen LogP contribution in [0.2, 0.25) is 0 Å². The minimum Gasteiger partial charge on any atom is -0.354 e. The van der Waals surface area contributed by atoms with Gasteiger partial charge in [-0.2, -0.15) is 5.10 Å². The zero-order chi connectivity index (χ0) is 18.6. The summed E-state index contributed by atoms with van der Waals surface area (Å²) in [6, 6.07) is 13.5. The molecule has 3 aromatic heterocycles. The third-order valence-corrected chi connectivity index (χ3v) is 5.08. The summed E-state index contributed by atoms with van der Waals surface area (Å²) >= 11 is 1.66. The normalized spacial score (nSPS) is 11.0. The number of para-hydroxylation sites is 1. The molecule has 0 radical (unpaired) electrons. The zero-order valence-corrected chi connectivity index (χ0v) is 15.2. The minimum absolute atomic E-state index is 0.0667. The molecule has 0 atom stereocenters. The lowest BCUT2D eigenvalue weighted by Gasteiger charge is -2.07. The van der Waals surface area contributed by atoms with E-state index in [1.165, 1.54) is 22.0 Å².